The van der Waals surface area contributed by atoms with E-state index in [-0.39, 0.29) is 17.8 Å². The van der Waals surface area contributed by atoms with Gasteiger partial charge in [0.1, 0.15) is 11.5 Å². The van der Waals surface area contributed by atoms with Crippen LogP contribution in [0.3, 0.4) is 0 Å². The smallest absolute Gasteiger partial charge is 0.359 e. The summed E-state index contributed by atoms with van der Waals surface area (Å²) < 4.78 is 58.1. The van der Waals surface area contributed by atoms with E-state index in [1.165, 1.54) is 29.4 Å². The summed E-state index contributed by atoms with van der Waals surface area (Å²) in [6.45, 7) is 1.70. The van der Waals surface area contributed by atoms with Gasteiger partial charge in [0.2, 0.25) is 0 Å². The highest BCUT2D eigenvalue weighted by Gasteiger charge is 2.34. The monoisotopic (exact) mass is 382 g/mol. The van der Waals surface area contributed by atoms with Crippen molar-refractivity contribution < 1.29 is 26.9 Å². The lowest BCUT2D eigenvalue weighted by Gasteiger charge is -2.10. The molecule has 0 aliphatic rings. The van der Waals surface area contributed by atoms with Gasteiger partial charge in [-0.25, -0.2) is 9.37 Å². The standard InChI is InChI=1S/C17H14F4N4O2/c1-10(15-4-5-23-27-15)24-16(26)14-8-25(9-22-14)7-11-2-3-13(18)12(6-11)17(19,20)21/h2-6,8-10H,7H2,1H3,(H,24,26). The average molecular weight is 382 g/mol. The molecular formula is C17H14F4N4O2. The van der Waals surface area contributed by atoms with Crippen LogP contribution in [0.2, 0.25) is 0 Å². The normalized spacial score (nSPS) is 12.8. The molecule has 0 radical (unpaired) electrons. The van der Waals surface area contributed by atoms with Crippen molar-refractivity contribution in [1.29, 1.82) is 0 Å². The van der Waals surface area contributed by atoms with Gasteiger partial charge in [0, 0.05) is 18.8 Å². The summed E-state index contributed by atoms with van der Waals surface area (Å²) in [6.07, 6.45) is -0.634. The Balaban J connectivity index is 1.70. The number of alkyl halides is 3. The van der Waals surface area contributed by atoms with Gasteiger partial charge in [-0.15, -0.1) is 0 Å². The summed E-state index contributed by atoms with van der Waals surface area (Å²) in [5.41, 5.74) is -1.03. The highest BCUT2D eigenvalue weighted by atomic mass is 19.4. The van der Waals surface area contributed by atoms with Crippen molar-refractivity contribution >= 4 is 5.91 Å². The minimum atomic E-state index is -4.78. The molecular weight excluding hydrogens is 368 g/mol. The van der Waals surface area contributed by atoms with Gasteiger partial charge in [-0.3, -0.25) is 4.79 Å². The fourth-order valence-corrected chi connectivity index (χ4v) is 2.45. The Morgan fingerprint density at radius 2 is 2.11 bits per heavy atom. The van der Waals surface area contributed by atoms with Crippen molar-refractivity contribution in [3.05, 3.63) is 71.4 Å². The fourth-order valence-electron chi connectivity index (χ4n) is 2.45. The number of nitrogens with zero attached hydrogens (tertiary/aromatic N) is 3. The van der Waals surface area contributed by atoms with Gasteiger partial charge in [-0.05, 0) is 24.6 Å². The van der Waals surface area contributed by atoms with Crippen LogP contribution in [0, 0.1) is 5.82 Å². The SMILES string of the molecule is CC(NC(=O)c1cn(Cc2ccc(F)c(C(F)(F)F)c2)cn1)c1ccno1. The number of imidazole rings is 1. The Labute approximate surface area is 150 Å². The van der Waals surface area contributed by atoms with E-state index in [0.29, 0.717) is 5.76 Å². The average Bonchev–Trinajstić information content (AvgIpc) is 3.27. The number of halogens is 4. The molecule has 0 spiro atoms. The predicted molar refractivity (Wildman–Crippen MR) is 85.1 cm³/mol. The molecule has 6 nitrogen and oxygen atoms in total. The molecule has 3 aromatic rings. The summed E-state index contributed by atoms with van der Waals surface area (Å²) in [6, 6.07) is 3.92. The molecule has 27 heavy (non-hydrogen) atoms. The van der Waals surface area contributed by atoms with Crippen molar-refractivity contribution in [2.45, 2.75) is 25.7 Å². The van der Waals surface area contributed by atoms with Crippen LogP contribution in [0.15, 0.2) is 47.5 Å². The molecule has 142 valence electrons. The molecule has 0 aliphatic carbocycles. The van der Waals surface area contributed by atoms with E-state index in [1.807, 2.05) is 0 Å². The zero-order chi connectivity index (χ0) is 19.6. The molecule has 1 aromatic carbocycles. The molecule has 1 atom stereocenters. The van der Waals surface area contributed by atoms with Crippen LogP contribution in [0.1, 0.15) is 40.3 Å². The van der Waals surface area contributed by atoms with Crippen LogP contribution in [0.4, 0.5) is 17.6 Å². The van der Waals surface area contributed by atoms with E-state index in [4.69, 9.17) is 4.52 Å². The first-order valence-electron chi connectivity index (χ1n) is 7.83. The first-order valence-corrected chi connectivity index (χ1v) is 7.83. The van der Waals surface area contributed by atoms with Gasteiger partial charge in [0.25, 0.3) is 5.91 Å². The number of benzene rings is 1. The van der Waals surface area contributed by atoms with Crippen molar-refractivity contribution in [2.75, 3.05) is 0 Å². The van der Waals surface area contributed by atoms with Crippen LogP contribution < -0.4 is 5.32 Å². The molecule has 0 saturated heterocycles. The topological polar surface area (TPSA) is 73.0 Å². The number of amides is 1. The number of nitrogens with one attached hydrogen (secondary N) is 1. The Morgan fingerprint density at radius 3 is 2.78 bits per heavy atom. The van der Waals surface area contributed by atoms with E-state index >= 15 is 0 Å². The summed E-state index contributed by atoms with van der Waals surface area (Å²) in [5, 5.41) is 6.22. The van der Waals surface area contributed by atoms with Gasteiger partial charge in [-0.1, -0.05) is 11.2 Å². The van der Waals surface area contributed by atoms with Gasteiger partial charge in [0.05, 0.1) is 24.1 Å². The zero-order valence-electron chi connectivity index (χ0n) is 14.0. The van der Waals surface area contributed by atoms with Crippen LogP contribution in [-0.4, -0.2) is 20.6 Å². The van der Waals surface area contributed by atoms with Crippen LogP contribution in [-0.2, 0) is 12.7 Å². The highest BCUT2D eigenvalue weighted by Crippen LogP contribution is 2.32. The lowest BCUT2D eigenvalue weighted by Crippen LogP contribution is -2.26. The van der Waals surface area contributed by atoms with Gasteiger partial charge in [0.15, 0.2) is 5.76 Å². The minimum absolute atomic E-state index is 0.00129. The van der Waals surface area contributed by atoms with Crippen molar-refractivity contribution in [1.82, 2.24) is 20.0 Å². The number of hydrogen-bond acceptors (Lipinski definition) is 4. The summed E-state index contributed by atoms with van der Waals surface area (Å²) in [4.78, 5) is 16.1. The van der Waals surface area contributed by atoms with E-state index in [9.17, 15) is 22.4 Å². The van der Waals surface area contributed by atoms with E-state index in [0.717, 1.165) is 12.1 Å². The maximum Gasteiger partial charge on any atom is 0.419 e. The Kier molecular flexibility index (Phi) is 4.98. The third-order valence-corrected chi connectivity index (χ3v) is 3.80. The maximum absolute atomic E-state index is 13.3. The molecule has 0 aliphatic heterocycles. The number of carbonyl (C=O) groups excluding carboxylic acids is 1. The lowest BCUT2D eigenvalue weighted by molar-refractivity contribution is -0.140. The molecule has 0 bridgehead atoms. The molecule has 1 unspecified atom stereocenters. The second-order valence-electron chi connectivity index (χ2n) is 5.85. The third kappa shape index (κ3) is 4.33. The Bertz CT molecular complexity index is 935. The number of rotatable bonds is 5. The summed E-state index contributed by atoms with van der Waals surface area (Å²) in [7, 11) is 0. The minimum Gasteiger partial charge on any atom is -0.359 e. The molecule has 3 rings (SSSR count). The van der Waals surface area contributed by atoms with Gasteiger partial charge >= 0.3 is 6.18 Å². The van der Waals surface area contributed by atoms with Gasteiger partial charge in [-0.2, -0.15) is 13.2 Å². The van der Waals surface area contributed by atoms with Crippen molar-refractivity contribution in [2.24, 2.45) is 0 Å². The van der Waals surface area contributed by atoms with Crippen LogP contribution >= 0.6 is 0 Å². The quantitative estimate of drug-likeness (QED) is 0.685. The number of aromatic nitrogens is 3. The second-order valence-corrected chi connectivity index (χ2v) is 5.85. The first kappa shape index (κ1) is 18.6. The molecule has 1 amide bonds. The van der Waals surface area contributed by atoms with Crippen molar-refractivity contribution in [3.8, 4) is 0 Å². The highest BCUT2D eigenvalue weighted by molar-refractivity contribution is 5.92. The van der Waals surface area contributed by atoms with E-state index in [1.54, 1.807) is 13.0 Å². The van der Waals surface area contributed by atoms with Crippen molar-refractivity contribution in [3.63, 3.8) is 0 Å². The van der Waals surface area contributed by atoms with Crippen LogP contribution in [0.25, 0.3) is 0 Å². The van der Waals surface area contributed by atoms with Crippen LogP contribution in [0.5, 0.6) is 0 Å². The largest absolute Gasteiger partial charge is 0.419 e. The second kappa shape index (κ2) is 7.22. The molecule has 2 aromatic heterocycles. The molecule has 10 heteroatoms. The predicted octanol–water partition coefficient (Wildman–Crippen LogP) is 3.57. The maximum atomic E-state index is 13.3. The molecule has 2 heterocycles. The zero-order valence-corrected chi connectivity index (χ0v) is 14.0. The Morgan fingerprint density at radius 1 is 1.33 bits per heavy atom. The fraction of sp³-hybridized carbons (Fsp3) is 0.235. The summed E-state index contributed by atoms with van der Waals surface area (Å²) in [5.74, 6) is -1.35. The Hall–Kier alpha value is -3.17. The molecule has 1 N–H and O–H groups in total. The number of carbonyl (C=O) groups is 1. The molecule has 0 saturated carbocycles. The van der Waals surface area contributed by atoms with E-state index in [2.05, 4.69) is 15.5 Å². The van der Waals surface area contributed by atoms with Gasteiger partial charge < -0.3 is 14.4 Å². The first-order chi connectivity index (χ1) is 12.7. The van der Waals surface area contributed by atoms with E-state index < -0.39 is 29.5 Å². The molecule has 0 fully saturated rings. The summed E-state index contributed by atoms with van der Waals surface area (Å²) >= 11 is 0. The third-order valence-electron chi connectivity index (χ3n) is 3.80. The lowest BCUT2D eigenvalue weighted by atomic mass is 10.1. The number of hydrogen-bond donors (Lipinski definition) is 1.